The molecule has 2 aromatic rings. The first-order valence-electron chi connectivity index (χ1n) is 6.63. The molecule has 114 valence electrons. The average Bonchev–Trinajstić information content (AvgIpc) is 2.59. The topological polar surface area (TPSA) is 52.6 Å². The van der Waals surface area contributed by atoms with E-state index in [1.165, 1.54) is 32.0 Å². The zero-order chi connectivity index (χ0) is 15.9. The summed E-state index contributed by atoms with van der Waals surface area (Å²) in [5.41, 5.74) is 1.85. The third-order valence-corrected chi connectivity index (χ3v) is 4.19. The molecule has 0 saturated heterocycles. The molecule has 0 atom stereocenters. The van der Waals surface area contributed by atoms with Gasteiger partial charge in [-0.3, -0.25) is 0 Å². The van der Waals surface area contributed by atoms with Crippen LogP contribution in [0, 0.1) is 0 Å². The second-order valence-electron chi connectivity index (χ2n) is 4.47. The summed E-state index contributed by atoms with van der Waals surface area (Å²) >= 11 is 1.52. The van der Waals surface area contributed by atoms with Crippen LogP contribution in [0.4, 0.5) is 0 Å². The van der Waals surface area contributed by atoms with Crippen LogP contribution in [-0.4, -0.2) is 26.2 Å². The van der Waals surface area contributed by atoms with Crippen LogP contribution in [0.1, 0.15) is 26.3 Å². The van der Waals surface area contributed by atoms with Gasteiger partial charge in [-0.1, -0.05) is 30.3 Å². The van der Waals surface area contributed by atoms with Gasteiger partial charge in [0.05, 0.1) is 25.3 Å². The van der Waals surface area contributed by atoms with E-state index < -0.39 is 11.9 Å². The van der Waals surface area contributed by atoms with E-state index >= 15 is 0 Å². The van der Waals surface area contributed by atoms with Gasteiger partial charge < -0.3 is 9.47 Å². The number of carbonyl (C=O) groups excluding carboxylic acids is 2. The first-order valence-corrected chi connectivity index (χ1v) is 7.61. The van der Waals surface area contributed by atoms with Crippen molar-refractivity contribution in [1.29, 1.82) is 0 Å². The third-order valence-electron chi connectivity index (χ3n) is 3.04. The normalized spacial score (nSPS) is 10.1. The minimum Gasteiger partial charge on any atom is -0.465 e. The Bertz CT molecular complexity index is 668. The number of benzene rings is 2. The highest BCUT2D eigenvalue weighted by Crippen LogP contribution is 2.28. The molecule has 0 unspecified atom stereocenters. The van der Waals surface area contributed by atoms with Crippen LogP contribution in [0.2, 0.25) is 0 Å². The Labute approximate surface area is 133 Å². The lowest BCUT2D eigenvalue weighted by atomic mass is 10.1. The minimum atomic E-state index is -0.482. The lowest BCUT2D eigenvalue weighted by Crippen LogP contribution is -2.07. The van der Waals surface area contributed by atoms with Crippen LogP contribution in [0.3, 0.4) is 0 Å². The van der Waals surface area contributed by atoms with Gasteiger partial charge >= 0.3 is 11.9 Å². The van der Waals surface area contributed by atoms with Gasteiger partial charge in [0.25, 0.3) is 0 Å². The fraction of sp³-hybridized carbons (Fsp3) is 0.176. The standard InChI is InChI=1S/C17H16O4S/c1-20-16(18)13-8-9-15(14(10-13)17(19)21-2)22-11-12-6-4-3-5-7-12/h3-10H,11H2,1-2H3. The van der Waals surface area contributed by atoms with Gasteiger partial charge in [-0.25, -0.2) is 9.59 Å². The molecule has 4 nitrogen and oxygen atoms in total. The Balaban J connectivity index is 2.26. The summed E-state index contributed by atoms with van der Waals surface area (Å²) in [4.78, 5) is 24.3. The zero-order valence-electron chi connectivity index (χ0n) is 12.4. The van der Waals surface area contributed by atoms with E-state index in [0.29, 0.717) is 11.1 Å². The van der Waals surface area contributed by atoms with Gasteiger partial charge in [0.15, 0.2) is 0 Å². The van der Waals surface area contributed by atoms with E-state index in [9.17, 15) is 9.59 Å². The molecule has 0 heterocycles. The molecule has 0 N–H and O–H groups in total. The van der Waals surface area contributed by atoms with Crippen molar-refractivity contribution in [2.45, 2.75) is 10.6 Å². The zero-order valence-corrected chi connectivity index (χ0v) is 13.2. The van der Waals surface area contributed by atoms with Crippen LogP contribution >= 0.6 is 11.8 Å². The van der Waals surface area contributed by atoms with Crippen molar-refractivity contribution in [3.8, 4) is 0 Å². The number of methoxy groups -OCH3 is 2. The Morgan fingerprint density at radius 3 is 2.27 bits per heavy atom. The first-order chi connectivity index (χ1) is 10.7. The predicted octanol–water partition coefficient (Wildman–Crippen LogP) is 3.55. The fourth-order valence-electron chi connectivity index (χ4n) is 1.91. The molecule has 0 aliphatic heterocycles. The molecule has 0 aromatic heterocycles. The van der Waals surface area contributed by atoms with Crippen molar-refractivity contribution in [3.63, 3.8) is 0 Å². The van der Waals surface area contributed by atoms with Crippen LogP contribution < -0.4 is 0 Å². The molecule has 5 heteroatoms. The lowest BCUT2D eigenvalue weighted by Gasteiger charge is -2.09. The van der Waals surface area contributed by atoms with Crippen LogP contribution in [-0.2, 0) is 15.2 Å². The molecule has 0 aliphatic carbocycles. The second kappa shape index (κ2) is 7.66. The Morgan fingerprint density at radius 2 is 1.64 bits per heavy atom. The Hall–Kier alpha value is -2.27. The van der Waals surface area contributed by atoms with E-state index in [4.69, 9.17) is 4.74 Å². The molecule has 22 heavy (non-hydrogen) atoms. The van der Waals surface area contributed by atoms with Crippen LogP contribution in [0.5, 0.6) is 0 Å². The molecular weight excluding hydrogens is 300 g/mol. The highest BCUT2D eigenvalue weighted by Gasteiger charge is 2.16. The second-order valence-corrected chi connectivity index (χ2v) is 5.49. The molecule has 0 fully saturated rings. The van der Waals surface area contributed by atoms with Crippen molar-refractivity contribution < 1.29 is 19.1 Å². The summed E-state index contributed by atoms with van der Waals surface area (Å²) in [7, 11) is 2.62. The quantitative estimate of drug-likeness (QED) is 0.623. The average molecular weight is 316 g/mol. The number of esters is 2. The highest BCUT2D eigenvalue weighted by molar-refractivity contribution is 7.98. The Kier molecular flexibility index (Phi) is 5.61. The van der Waals surface area contributed by atoms with E-state index in [1.54, 1.807) is 12.1 Å². The van der Waals surface area contributed by atoms with E-state index in [0.717, 1.165) is 16.2 Å². The summed E-state index contributed by atoms with van der Waals surface area (Å²) < 4.78 is 9.47. The maximum atomic E-state index is 11.9. The number of carbonyl (C=O) groups is 2. The van der Waals surface area contributed by atoms with E-state index in [2.05, 4.69) is 4.74 Å². The van der Waals surface area contributed by atoms with Crippen molar-refractivity contribution in [3.05, 3.63) is 65.2 Å². The molecule has 2 aromatic carbocycles. The van der Waals surface area contributed by atoms with E-state index in [-0.39, 0.29) is 0 Å². The molecule has 2 rings (SSSR count). The van der Waals surface area contributed by atoms with E-state index in [1.807, 2.05) is 30.3 Å². The van der Waals surface area contributed by atoms with Gasteiger partial charge in [0, 0.05) is 10.6 Å². The monoisotopic (exact) mass is 316 g/mol. The fourth-order valence-corrected chi connectivity index (χ4v) is 2.88. The van der Waals surface area contributed by atoms with Gasteiger partial charge in [0.2, 0.25) is 0 Å². The summed E-state index contributed by atoms with van der Waals surface area (Å²) in [5, 5.41) is 0. The van der Waals surface area contributed by atoms with Gasteiger partial charge in [-0.2, -0.15) is 0 Å². The number of hydrogen-bond acceptors (Lipinski definition) is 5. The maximum absolute atomic E-state index is 11.9. The van der Waals surface area contributed by atoms with Crippen molar-refractivity contribution in [2.75, 3.05) is 14.2 Å². The largest absolute Gasteiger partial charge is 0.465 e. The van der Waals surface area contributed by atoms with Crippen LogP contribution in [0.25, 0.3) is 0 Å². The van der Waals surface area contributed by atoms with Crippen molar-refractivity contribution in [1.82, 2.24) is 0 Å². The summed E-state index contributed by atoms with van der Waals surface area (Å²) in [6.45, 7) is 0. The highest BCUT2D eigenvalue weighted by atomic mass is 32.2. The van der Waals surface area contributed by atoms with Crippen molar-refractivity contribution >= 4 is 23.7 Å². The maximum Gasteiger partial charge on any atom is 0.339 e. The summed E-state index contributed by atoms with van der Waals surface area (Å²) in [5.74, 6) is -0.228. The molecule has 0 spiro atoms. The Morgan fingerprint density at radius 1 is 0.955 bits per heavy atom. The van der Waals surface area contributed by atoms with Gasteiger partial charge in [-0.15, -0.1) is 11.8 Å². The minimum absolute atomic E-state index is 0.326. The summed E-state index contributed by atoms with van der Waals surface area (Å²) in [6, 6.07) is 14.8. The SMILES string of the molecule is COC(=O)c1ccc(SCc2ccccc2)c(C(=O)OC)c1. The molecule has 0 radical (unpaired) electrons. The smallest absolute Gasteiger partial charge is 0.339 e. The first kappa shape index (κ1) is 16.1. The van der Waals surface area contributed by atoms with Crippen LogP contribution in [0.15, 0.2) is 53.4 Å². The summed E-state index contributed by atoms with van der Waals surface area (Å²) in [6.07, 6.45) is 0. The lowest BCUT2D eigenvalue weighted by molar-refractivity contribution is 0.0596. The van der Waals surface area contributed by atoms with Gasteiger partial charge in [0.1, 0.15) is 0 Å². The molecule has 0 saturated carbocycles. The molecule has 0 bridgehead atoms. The van der Waals surface area contributed by atoms with Gasteiger partial charge in [-0.05, 0) is 23.8 Å². The predicted molar refractivity (Wildman–Crippen MR) is 85.1 cm³/mol. The number of rotatable bonds is 5. The number of thioether (sulfide) groups is 1. The molecule has 0 amide bonds. The number of hydrogen-bond donors (Lipinski definition) is 0. The number of ether oxygens (including phenoxy) is 2. The van der Waals surface area contributed by atoms with Crippen molar-refractivity contribution in [2.24, 2.45) is 0 Å². The molecular formula is C17H16O4S. The third kappa shape index (κ3) is 3.89. The molecule has 0 aliphatic rings.